The summed E-state index contributed by atoms with van der Waals surface area (Å²) in [6.45, 7) is 2.41. The van der Waals surface area contributed by atoms with Crippen molar-refractivity contribution in [3.05, 3.63) is 29.8 Å². The van der Waals surface area contributed by atoms with Crippen molar-refractivity contribution in [1.29, 1.82) is 0 Å². The van der Waals surface area contributed by atoms with Gasteiger partial charge in [0, 0.05) is 18.2 Å². The molecule has 2 fully saturated rings. The third-order valence-corrected chi connectivity index (χ3v) is 7.36. The fourth-order valence-electron chi connectivity index (χ4n) is 3.49. The van der Waals surface area contributed by atoms with Gasteiger partial charge < -0.3 is 10.4 Å². The number of amides is 1. The number of benzene rings is 1. The van der Waals surface area contributed by atoms with Gasteiger partial charge in [-0.05, 0) is 56.4 Å². The van der Waals surface area contributed by atoms with Crippen LogP contribution in [0.4, 0.5) is 0 Å². The zero-order chi connectivity index (χ0) is 19.6. The number of piperidine rings is 1. The molecule has 1 saturated heterocycles. The molecule has 1 aliphatic heterocycles. The molecule has 2 N–H and O–H groups in total. The van der Waals surface area contributed by atoms with E-state index in [2.05, 4.69) is 5.32 Å². The Morgan fingerprint density at radius 3 is 2.41 bits per heavy atom. The van der Waals surface area contributed by atoms with Crippen molar-refractivity contribution in [1.82, 2.24) is 9.62 Å². The zero-order valence-corrected chi connectivity index (χ0v) is 16.2. The van der Waals surface area contributed by atoms with Gasteiger partial charge in [-0.25, -0.2) is 13.2 Å². The Kier molecular flexibility index (Phi) is 5.86. The number of rotatable bonds is 7. The molecule has 2 atom stereocenters. The predicted octanol–water partition coefficient (Wildman–Crippen LogP) is 2.23. The monoisotopic (exact) mass is 394 g/mol. The second kappa shape index (κ2) is 7.98. The molecule has 8 heteroatoms. The van der Waals surface area contributed by atoms with Gasteiger partial charge in [-0.3, -0.25) is 4.79 Å². The molecule has 0 spiro atoms. The lowest BCUT2D eigenvalue weighted by Crippen LogP contribution is -2.42. The lowest BCUT2D eigenvalue weighted by atomic mass is 10.1. The molecule has 3 rings (SSSR count). The summed E-state index contributed by atoms with van der Waals surface area (Å²) in [5.41, 5.74) is 0.252. The summed E-state index contributed by atoms with van der Waals surface area (Å²) < 4.78 is 27.2. The van der Waals surface area contributed by atoms with Crippen LogP contribution in [0.25, 0.3) is 0 Å². The maximum atomic E-state index is 12.8. The standard InChI is InChI=1S/C19H26N2O5S/c1-13-4-2-3-11-21(13)27(25,26)16-9-7-15(8-10-16)18(22)20-17(19(23)24)12-14-5-6-14/h7-10,13-14,17H,2-6,11-12H2,1H3,(H,20,22)(H,23,24). The molecule has 0 radical (unpaired) electrons. The first-order valence-electron chi connectivity index (χ1n) is 9.44. The average Bonchev–Trinajstić information content (AvgIpc) is 3.45. The van der Waals surface area contributed by atoms with Gasteiger partial charge in [0.2, 0.25) is 10.0 Å². The van der Waals surface area contributed by atoms with E-state index in [0.717, 1.165) is 32.1 Å². The highest BCUT2D eigenvalue weighted by atomic mass is 32.2. The molecular formula is C19H26N2O5S. The minimum atomic E-state index is -3.59. The molecule has 0 bridgehead atoms. The first-order chi connectivity index (χ1) is 12.8. The quantitative estimate of drug-likeness (QED) is 0.738. The summed E-state index contributed by atoms with van der Waals surface area (Å²) in [6.07, 6.45) is 5.15. The number of carboxylic acid groups (broad SMARTS) is 1. The first kappa shape index (κ1) is 19.8. The Balaban J connectivity index is 1.70. The number of nitrogens with zero attached hydrogens (tertiary/aromatic N) is 1. The Morgan fingerprint density at radius 2 is 1.85 bits per heavy atom. The molecule has 1 amide bonds. The smallest absolute Gasteiger partial charge is 0.326 e. The molecule has 1 aromatic carbocycles. The number of carboxylic acids is 1. The van der Waals surface area contributed by atoms with Crippen LogP contribution in [0, 0.1) is 5.92 Å². The van der Waals surface area contributed by atoms with Crippen LogP contribution >= 0.6 is 0 Å². The van der Waals surface area contributed by atoms with Crippen LogP contribution in [0.15, 0.2) is 29.2 Å². The lowest BCUT2D eigenvalue weighted by molar-refractivity contribution is -0.139. The zero-order valence-electron chi connectivity index (χ0n) is 15.4. The SMILES string of the molecule is CC1CCCCN1S(=O)(=O)c1ccc(C(=O)NC(CC2CC2)C(=O)O)cc1. The lowest BCUT2D eigenvalue weighted by Gasteiger charge is -2.32. The van der Waals surface area contributed by atoms with E-state index in [4.69, 9.17) is 0 Å². The third kappa shape index (κ3) is 4.68. The number of sulfonamides is 1. The van der Waals surface area contributed by atoms with E-state index < -0.39 is 27.9 Å². The minimum Gasteiger partial charge on any atom is -0.480 e. The fourth-order valence-corrected chi connectivity index (χ4v) is 5.19. The highest BCUT2D eigenvalue weighted by molar-refractivity contribution is 7.89. The van der Waals surface area contributed by atoms with Crippen molar-refractivity contribution in [2.75, 3.05) is 6.54 Å². The summed E-state index contributed by atoms with van der Waals surface area (Å²) in [7, 11) is -3.59. The van der Waals surface area contributed by atoms with Gasteiger partial charge in [0.15, 0.2) is 0 Å². The summed E-state index contributed by atoms with van der Waals surface area (Å²) in [6, 6.07) is 4.76. The molecule has 7 nitrogen and oxygen atoms in total. The van der Waals surface area contributed by atoms with Gasteiger partial charge in [0.25, 0.3) is 5.91 Å². The summed E-state index contributed by atoms with van der Waals surface area (Å²) >= 11 is 0. The van der Waals surface area contributed by atoms with Crippen LogP contribution in [0.2, 0.25) is 0 Å². The third-order valence-electron chi connectivity index (χ3n) is 5.33. The largest absolute Gasteiger partial charge is 0.480 e. The predicted molar refractivity (Wildman–Crippen MR) is 99.9 cm³/mol. The number of carbonyl (C=O) groups is 2. The van der Waals surface area contributed by atoms with Crippen LogP contribution in [0.5, 0.6) is 0 Å². The Bertz CT molecular complexity index is 802. The number of carbonyl (C=O) groups excluding carboxylic acids is 1. The van der Waals surface area contributed by atoms with Crippen molar-refractivity contribution < 1.29 is 23.1 Å². The van der Waals surface area contributed by atoms with Crippen LogP contribution in [0.3, 0.4) is 0 Å². The van der Waals surface area contributed by atoms with Gasteiger partial charge in [-0.15, -0.1) is 0 Å². The van der Waals surface area contributed by atoms with Gasteiger partial charge in [0.05, 0.1) is 4.90 Å². The molecule has 2 aliphatic rings. The second-order valence-electron chi connectivity index (χ2n) is 7.53. The molecular weight excluding hydrogens is 368 g/mol. The fraction of sp³-hybridized carbons (Fsp3) is 0.579. The number of hydrogen-bond donors (Lipinski definition) is 2. The molecule has 2 unspecified atom stereocenters. The van der Waals surface area contributed by atoms with E-state index in [1.54, 1.807) is 0 Å². The molecule has 1 saturated carbocycles. The van der Waals surface area contributed by atoms with Crippen molar-refractivity contribution in [3.8, 4) is 0 Å². The van der Waals surface area contributed by atoms with Crippen molar-refractivity contribution in [2.45, 2.75) is 62.4 Å². The van der Waals surface area contributed by atoms with E-state index in [1.807, 2.05) is 6.92 Å². The maximum Gasteiger partial charge on any atom is 0.326 e. The van der Waals surface area contributed by atoms with Gasteiger partial charge in [-0.2, -0.15) is 4.31 Å². The number of nitrogens with one attached hydrogen (secondary N) is 1. The molecule has 0 aromatic heterocycles. The average molecular weight is 394 g/mol. The molecule has 1 aliphatic carbocycles. The van der Waals surface area contributed by atoms with Crippen molar-refractivity contribution >= 4 is 21.9 Å². The van der Waals surface area contributed by atoms with Crippen LogP contribution < -0.4 is 5.32 Å². The van der Waals surface area contributed by atoms with E-state index in [1.165, 1.54) is 28.6 Å². The van der Waals surface area contributed by atoms with Crippen LogP contribution in [-0.4, -0.2) is 48.3 Å². The molecule has 27 heavy (non-hydrogen) atoms. The van der Waals surface area contributed by atoms with Crippen molar-refractivity contribution in [3.63, 3.8) is 0 Å². The summed E-state index contributed by atoms with van der Waals surface area (Å²) in [5.74, 6) is -1.18. The topological polar surface area (TPSA) is 104 Å². The Morgan fingerprint density at radius 1 is 1.19 bits per heavy atom. The van der Waals surface area contributed by atoms with Crippen LogP contribution in [-0.2, 0) is 14.8 Å². The summed E-state index contributed by atoms with van der Waals surface area (Å²) in [5, 5.41) is 11.8. The van der Waals surface area contributed by atoms with E-state index in [9.17, 15) is 23.1 Å². The van der Waals surface area contributed by atoms with Crippen molar-refractivity contribution in [2.24, 2.45) is 5.92 Å². The normalized spacial score (nSPS) is 22.2. The van der Waals surface area contributed by atoms with Gasteiger partial charge in [-0.1, -0.05) is 19.3 Å². The summed E-state index contributed by atoms with van der Waals surface area (Å²) in [4.78, 5) is 23.8. The van der Waals surface area contributed by atoms with Crippen LogP contribution in [0.1, 0.15) is 55.8 Å². The molecule has 148 valence electrons. The number of aliphatic carboxylic acids is 1. The molecule has 1 heterocycles. The van der Waals surface area contributed by atoms with E-state index in [-0.39, 0.29) is 16.5 Å². The Labute approximate surface area is 159 Å². The first-order valence-corrected chi connectivity index (χ1v) is 10.9. The van der Waals surface area contributed by atoms with E-state index in [0.29, 0.717) is 18.9 Å². The van der Waals surface area contributed by atoms with Gasteiger partial charge >= 0.3 is 5.97 Å². The molecule has 1 aromatic rings. The highest BCUT2D eigenvalue weighted by Crippen LogP contribution is 2.33. The minimum absolute atomic E-state index is 0.0366. The maximum absolute atomic E-state index is 12.8. The second-order valence-corrected chi connectivity index (χ2v) is 9.42. The van der Waals surface area contributed by atoms with E-state index >= 15 is 0 Å². The van der Waals surface area contributed by atoms with Gasteiger partial charge in [0.1, 0.15) is 6.04 Å². The number of hydrogen-bond acceptors (Lipinski definition) is 4. The Hall–Kier alpha value is -1.93. The highest BCUT2D eigenvalue weighted by Gasteiger charge is 2.32.